The molecule has 2 aliphatic heterocycles. The largest absolute Gasteiger partial charge is 0.342 e. The Hall–Kier alpha value is -0.610. The third kappa shape index (κ3) is 3.29. The van der Waals surface area contributed by atoms with Gasteiger partial charge < -0.3 is 4.90 Å². The average molecular weight is 267 g/mol. The monoisotopic (exact) mass is 267 g/mol. The van der Waals surface area contributed by atoms with Crippen molar-refractivity contribution >= 4 is 5.91 Å². The molecule has 0 radical (unpaired) electrons. The van der Waals surface area contributed by atoms with Crippen molar-refractivity contribution < 1.29 is 4.79 Å². The first-order valence-corrected chi connectivity index (χ1v) is 7.95. The highest BCUT2D eigenvalue weighted by molar-refractivity contribution is 5.78. The molecule has 0 bridgehead atoms. The maximum atomic E-state index is 12.3. The van der Waals surface area contributed by atoms with Crippen LogP contribution in [0.25, 0.3) is 0 Å². The molecule has 4 heteroatoms. The zero-order chi connectivity index (χ0) is 13.8. The lowest BCUT2D eigenvalue weighted by molar-refractivity contribution is -0.133. The molecule has 0 spiro atoms. The Morgan fingerprint density at radius 3 is 2.58 bits per heavy atom. The fourth-order valence-electron chi connectivity index (χ4n) is 3.58. The number of carbonyl (C=O) groups is 1. The van der Waals surface area contributed by atoms with Crippen molar-refractivity contribution in [2.45, 2.75) is 52.1 Å². The summed E-state index contributed by atoms with van der Waals surface area (Å²) in [7, 11) is 0. The van der Waals surface area contributed by atoms with E-state index in [9.17, 15) is 4.79 Å². The molecule has 0 saturated carbocycles. The second-order valence-electron chi connectivity index (χ2n) is 5.85. The van der Waals surface area contributed by atoms with Crippen LogP contribution in [0, 0.1) is 0 Å². The number of nitrogens with zero attached hydrogens (tertiary/aromatic N) is 3. The molecule has 2 heterocycles. The minimum Gasteiger partial charge on any atom is -0.342 e. The van der Waals surface area contributed by atoms with Crippen molar-refractivity contribution in [3.63, 3.8) is 0 Å². The summed E-state index contributed by atoms with van der Waals surface area (Å²) < 4.78 is 0. The number of rotatable bonds is 5. The van der Waals surface area contributed by atoms with Crippen LogP contribution in [-0.4, -0.2) is 72.0 Å². The molecular formula is C15H29N3O. The lowest BCUT2D eigenvalue weighted by Gasteiger charge is -2.43. The van der Waals surface area contributed by atoms with Crippen LogP contribution < -0.4 is 0 Å². The van der Waals surface area contributed by atoms with Gasteiger partial charge in [0.25, 0.3) is 0 Å². The molecule has 2 atom stereocenters. The summed E-state index contributed by atoms with van der Waals surface area (Å²) in [5.74, 6) is 0.301. The van der Waals surface area contributed by atoms with Gasteiger partial charge in [0.2, 0.25) is 5.91 Å². The number of fused-ring (bicyclic) bond motifs is 1. The molecule has 1 amide bonds. The average Bonchev–Trinajstić information content (AvgIpc) is 2.86. The third-order valence-corrected chi connectivity index (χ3v) is 4.83. The highest BCUT2D eigenvalue weighted by atomic mass is 16.2. The van der Waals surface area contributed by atoms with Gasteiger partial charge in [0.1, 0.15) is 0 Å². The smallest absolute Gasteiger partial charge is 0.236 e. The first kappa shape index (κ1) is 14.8. The topological polar surface area (TPSA) is 26.8 Å². The van der Waals surface area contributed by atoms with Crippen LogP contribution in [0.2, 0.25) is 0 Å². The predicted molar refractivity (Wildman–Crippen MR) is 78.2 cm³/mol. The van der Waals surface area contributed by atoms with Gasteiger partial charge in [-0.05, 0) is 39.7 Å². The molecule has 4 nitrogen and oxygen atoms in total. The van der Waals surface area contributed by atoms with Gasteiger partial charge in [-0.3, -0.25) is 14.6 Å². The van der Waals surface area contributed by atoms with Gasteiger partial charge in [-0.2, -0.15) is 0 Å². The minimum atomic E-state index is 0.301. The van der Waals surface area contributed by atoms with E-state index in [1.54, 1.807) is 0 Å². The third-order valence-electron chi connectivity index (χ3n) is 4.83. The van der Waals surface area contributed by atoms with Gasteiger partial charge in [0, 0.05) is 38.3 Å². The van der Waals surface area contributed by atoms with Gasteiger partial charge in [-0.15, -0.1) is 0 Å². The number of carbonyl (C=O) groups excluding carboxylic acids is 1. The number of piperazine rings is 1. The van der Waals surface area contributed by atoms with Crippen LogP contribution in [-0.2, 0) is 4.79 Å². The summed E-state index contributed by atoms with van der Waals surface area (Å²) in [5.41, 5.74) is 0. The number of hydrogen-bond acceptors (Lipinski definition) is 3. The van der Waals surface area contributed by atoms with Gasteiger partial charge in [-0.1, -0.05) is 6.92 Å². The fourth-order valence-corrected chi connectivity index (χ4v) is 3.58. The molecule has 0 aromatic carbocycles. The molecule has 2 aliphatic rings. The Labute approximate surface area is 117 Å². The lowest BCUT2D eigenvalue weighted by Crippen LogP contribution is -2.57. The Kier molecular flexibility index (Phi) is 5.22. The van der Waals surface area contributed by atoms with Crippen LogP contribution in [0.1, 0.15) is 40.0 Å². The van der Waals surface area contributed by atoms with Gasteiger partial charge in [0.05, 0.1) is 6.54 Å². The highest BCUT2D eigenvalue weighted by Crippen LogP contribution is 2.25. The van der Waals surface area contributed by atoms with Gasteiger partial charge in [0.15, 0.2) is 0 Å². The van der Waals surface area contributed by atoms with Crippen molar-refractivity contribution in [2.75, 3.05) is 39.3 Å². The summed E-state index contributed by atoms with van der Waals surface area (Å²) in [5, 5.41) is 0. The molecule has 110 valence electrons. The standard InChI is InChI=1S/C15H29N3O/c1-4-13-10-17-9-7-8-14(17)11-18(13)12-15(19)16(5-2)6-3/h13-14H,4-12H2,1-3H3. The summed E-state index contributed by atoms with van der Waals surface area (Å²) in [6.07, 6.45) is 3.79. The zero-order valence-corrected chi connectivity index (χ0v) is 12.8. The molecule has 0 aliphatic carbocycles. The van der Waals surface area contributed by atoms with E-state index in [1.807, 2.05) is 4.90 Å². The van der Waals surface area contributed by atoms with Crippen molar-refractivity contribution in [3.8, 4) is 0 Å². The Morgan fingerprint density at radius 2 is 1.95 bits per heavy atom. The van der Waals surface area contributed by atoms with E-state index in [-0.39, 0.29) is 0 Å². The number of hydrogen-bond donors (Lipinski definition) is 0. The summed E-state index contributed by atoms with van der Waals surface area (Å²) in [6, 6.07) is 1.26. The summed E-state index contributed by atoms with van der Waals surface area (Å²) in [4.78, 5) is 19.3. The maximum Gasteiger partial charge on any atom is 0.236 e. The van der Waals surface area contributed by atoms with Crippen molar-refractivity contribution in [3.05, 3.63) is 0 Å². The second-order valence-corrected chi connectivity index (χ2v) is 5.85. The highest BCUT2D eigenvalue weighted by Gasteiger charge is 2.36. The molecule has 2 saturated heterocycles. The molecule has 0 aromatic rings. The van der Waals surface area contributed by atoms with E-state index in [2.05, 4.69) is 30.6 Å². The van der Waals surface area contributed by atoms with Crippen molar-refractivity contribution in [2.24, 2.45) is 0 Å². The van der Waals surface area contributed by atoms with Crippen LogP contribution >= 0.6 is 0 Å². The minimum absolute atomic E-state index is 0.301. The van der Waals surface area contributed by atoms with E-state index in [0.717, 1.165) is 32.6 Å². The SMILES string of the molecule is CCC1CN2CCCC2CN1CC(=O)N(CC)CC. The van der Waals surface area contributed by atoms with E-state index in [4.69, 9.17) is 0 Å². The maximum absolute atomic E-state index is 12.3. The molecule has 0 aromatic heterocycles. The Balaban J connectivity index is 1.95. The van der Waals surface area contributed by atoms with Crippen LogP contribution in [0.3, 0.4) is 0 Å². The Bertz CT molecular complexity index is 304. The second kappa shape index (κ2) is 6.71. The first-order valence-electron chi connectivity index (χ1n) is 7.95. The van der Waals surface area contributed by atoms with Crippen molar-refractivity contribution in [1.82, 2.24) is 14.7 Å². The number of likely N-dealkylation sites (N-methyl/N-ethyl adjacent to an activating group) is 1. The van der Waals surface area contributed by atoms with Crippen LogP contribution in [0.4, 0.5) is 0 Å². The van der Waals surface area contributed by atoms with E-state index >= 15 is 0 Å². The quantitative estimate of drug-likeness (QED) is 0.753. The Morgan fingerprint density at radius 1 is 1.21 bits per heavy atom. The van der Waals surface area contributed by atoms with E-state index in [1.165, 1.54) is 19.4 Å². The fraction of sp³-hybridized carbons (Fsp3) is 0.933. The number of amides is 1. The molecular weight excluding hydrogens is 238 g/mol. The normalized spacial score (nSPS) is 28.4. The molecule has 0 N–H and O–H groups in total. The molecule has 2 unspecified atom stereocenters. The van der Waals surface area contributed by atoms with Crippen LogP contribution in [0.5, 0.6) is 0 Å². The first-order chi connectivity index (χ1) is 9.19. The zero-order valence-electron chi connectivity index (χ0n) is 12.8. The molecule has 2 fully saturated rings. The molecule has 19 heavy (non-hydrogen) atoms. The molecule has 2 rings (SSSR count). The van der Waals surface area contributed by atoms with E-state index in [0.29, 0.717) is 24.5 Å². The van der Waals surface area contributed by atoms with E-state index < -0.39 is 0 Å². The summed E-state index contributed by atoms with van der Waals surface area (Å²) in [6.45, 7) is 12.2. The predicted octanol–water partition coefficient (Wildman–Crippen LogP) is 1.41. The lowest BCUT2D eigenvalue weighted by atomic mass is 10.1. The van der Waals surface area contributed by atoms with Gasteiger partial charge >= 0.3 is 0 Å². The van der Waals surface area contributed by atoms with Crippen molar-refractivity contribution in [1.29, 1.82) is 0 Å². The van der Waals surface area contributed by atoms with Crippen LogP contribution in [0.15, 0.2) is 0 Å². The summed E-state index contributed by atoms with van der Waals surface area (Å²) >= 11 is 0. The van der Waals surface area contributed by atoms with Gasteiger partial charge in [-0.25, -0.2) is 0 Å².